The van der Waals surface area contributed by atoms with Crippen molar-refractivity contribution in [2.45, 2.75) is 19.9 Å². The zero-order valence-corrected chi connectivity index (χ0v) is 12.0. The van der Waals surface area contributed by atoms with Gasteiger partial charge in [-0.15, -0.1) is 0 Å². The Morgan fingerprint density at radius 2 is 1.95 bits per heavy atom. The number of aliphatic hydroxyl groups excluding tert-OH is 2. The van der Waals surface area contributed by atoms with E-state index in [9.17, 15) is 0 Å². The largest absolute Gasteiger partial charge is 0.395 e. The molecule has 0 aliphatic carbocycles. The summed E-state index contributed by atoms with van der Waals surface area (Å²) in [5, 5.41) is 21.8. The van der Waals surface area contributed by atoms with E-state index in [0.717, 1.165) is 24.5 Å². The molecule has 1 heterocycles. The van der Waals surface area contributed by atoms with E-state index in [-0.39, 0.29) is 13.2 Å². The molecule has 0 atom stereocenters. The normalized spacial score (nSPS) is 11.0. The molecule has 1 aromatic rings. The third-order valence-electron chi connectivity index (χ3n) is 2.68. The lowest BCUT2D eigenvalue weighted by molar-refractivity contribution is 0.155. The minimum absolute atomic E-state index is 0.0470. The van der Waals surface area contributed by atoms with Gasteiger partial charge in [0.05, 0.1) is 23.9 Å². The van der Waals surface area contributed by atoms with Gasteiger partial charge in [-0.2, -0.15) is 0 Å². The molecular formula is C13H22ClN3O2. The van der Waals surface area contributed by atoms with Gasteiger partial charge in [-0.05, 0) is 18.6 Å². The highest BCUT2D eigenvalue weighted by Crippen LogP contribution is 2.18. The molecule has 19 heavy (non-hydrogen) atoms. The molecule has 0 bridgehead atoms. The highest BCUT2D eigenvalue weighted by atomic mass is 35.5. The van der Waals surface area contributed by atoms with Gasteiger partial charge in [0.25, 0.3) is 0 Å². The second-order valence-electron chi connectivity index (χ2n) is 4.28. The number of nitrogens with zero attached hydrogens (tertiary/aromatic N) is 2. The van der Waals surface area contributed by atoms with Crippen molar-refractivity contribution in [3.63, 3.8) is 0 Å². The lowest BCUT2D eigenvalue weighted by Crippen LogP contribution is -2.30. The second-order valence-corrected chi connectivity index (χ2v) is 4.68. The Morgan fingerprint density at radius 1 is 1.26 bits per heavy atom. The Hall–Kier alpha value is -0.880. The summed E-state index contributed by atoms with van der Waals surface area (Å²) in [6.07, 6.45) is 1.03. The second kappa shape index (κ2) is 9.09. The average Bonchev–Trinajstić information content (AvgIpc) is 2.40. The minimum Gasteiger partial charge on any atom is -0.395 e. The first-order valence-electron chi connectivity index (χ1n) is 6.54. The summed E-state index contributed by atoms with van der Waals surface area (Å²) in [4.78, 5) is 6.38. The Morgan fingerprint density at radius 3 is 2.53 bits per heavy atom. The zero-order valence-electron chi connectivity index (χ0n) is 11.3. The van der Waals surface area contributed by atoms with Gasteiger partial charge in [-0.25, -0.2) is 4.98 Å². The van der Waals surface area contributed by atoms with Crippen molar-refractivity contribution in [3.05, 3.63) is 22.8 Å². The van der Waals surface area contributed by atoms with E-state index in [4.69, 9.17) is 21.8 Å². The van der Waals surface area contributed by atoms with E-state index in [1.165, 1.54) is 0 Å². The molecule has 0 radical (unpaired) electrons. The van der Waals surface area contributed by atoms with Crippen molar-refractivity contribution in [1.82, 2.24) is 9.88 Å². The summed E-state index contributed by atoms with van der Waals surface area (Å²) in [6.45, 7) is 4.55. The van der Waals surface area contributed by atoms with Gasteiger partial charge in [0, 0.05) is 26.2 Å². The molecule has 1 rings (SSSR count). The van der Waals surface area contributed by atoms with Crippen molar-refractivity contribution in [2.24, 2.45) is 0 Å². The first kappa shape index (κ1) is 16.2. The lowest BCUT2D eigenvalue weighted by Gasteiger charge is -2.20. The standard InChI is InChI=1S/C13H22ClN3O2/c1-2-5-15-13-4-3-11(14)12(16-13)10-17(6-8-18)7-9-19/h3-4,18-19H,2,5-10H2,1H3,(H,15,16). The van der Waals surface area contributed by atoms with E-state index in [1.807, 2.05) is 17.0 Å². The maximum absolute atomic E-state index is 8.99. The van der Waals surface area contributed by atoms with E-state index >= 15 is 0 Å². The van der Waals surface area contributed by atoms with Gasteiger partial charge in [0.1, 0.15) is 5.82 Å². The van der Waals surface area contributed by atoms with Gasteiger partial charge in [-0.3, -0.25) is 4.90 Å². The zero-order chi connectivity index (χ0) is 14.1. The molecule has 0 aliphatic heterocycles. The highest BCUT2D eigenvalue weighted by Gasteiger charge is 2.10. The molecule has 0 aliphatic rings. The van der Waals surface area contributed by atoms with Crippen molar-refractivity contribution in [2.75, 3.05) is 38.2 Å². The number of aromatic nitrogens is 1. The van der Waals surface area contributed by atoms with E-state index in [2.05, 4.69) is 17.2 Å². The predicted octanol–water partition coefficient (Wildman–Crippen LogP) is 1.34. The first-order chi connectivity index (χ1) is 9.21. The Labute approximate surface area is 119 Å². The predicted molar refractivity (Wildman–Crippen MR) is 77.5 cm³/mol. The molecule has 108 valence electrons. The van der Waals surface area contributed by atoms with Crippen LogP contribution in [-0.2, 0) is 6.54 Å². The quantitative estimate of drug-likeness (QED) is 0.640. The fraction of sp³-hybridized carbons (Fsp3) is 0.615. The number of pyridine rings is 1. The van der Waals surface area contributed by atoms with Gasteiger partial charge < -0.3 is 15.5 Å². The number of aliphatic hydroxyl groups is 2. The molecule has 5 nitrogen and oxygen atoms in total. The number of hydrogen-bond acceptors (Lipinski definition) is 5. The Balaban J connectivity index is 2.73. The van der Waals surface area contributed by atoms with Crippen molar-refractivity contribution in [1.29, 1.82) is 0 Å². The number of rotatable bonds is 9. The molecule has 0 saturated heterocycles. The maximum Gasteiger partial charge on any atom is 0.126 e. The Kier molecular flexibility index (Phi) is 7.74. The maximum atomic E-state index is 8.99. The number of anilines is 1. The van der Waals surface area contributed by atoms with Crippen LogP contribution in [0.25, 0.3) is 0 Å². The fourth-order valence-corrected chi connectivity index (χ4v) is 1.88. The van der Waals surface area contributed by atoms with Gasteiger partial charge in [0.15, 0.2) is 0 Å². The van der Waals surface area contributed by atoms with Gasteiger partial charge in [-0.1, -0.05) is 18.5 Å². The van der Waals surface area contributed by atoms with Crippen molar-refractivity contribution in [3.8, 4) is 0 Å². The van der Waals surface area contributed by atoms with Crippen LogP contribution in [0.4, 0.5) is 5.82 Å². The lowest BCUT2D eigenvalue weighted by atomic mass is 10.3. The first-order valence-corrected chi connectivity index (χ1v) is 6.92. The molecule has 0 unspecified atom stereocenters. The molecule has 3 N–H and O–H groups in total. The third-order valence-corrected chi connectivity index (χ3v) is 3.02. The monoisotopic (exact) mass is 287 g/mol. The van der Waals surface area contributed by atoms with Gasteiger partial charge >= 0.3 is 0 Å². The summed E-state index contributed by atoms with van der Waals surface area (Å²) in [5.41, 5.74) is 0.754. The van der Waals surface area contributed by atoms with Crippen molar-refractivity contribution >= 4 is 17.4 Å². The van der Waals surface area contributed by atoms with Crippen LogP contribution in [0.3, 0.4) is 0 Å². The molecule has 0 amide bonds. The fourth-order valence-electron chi connectivity index (χ4n) is 1.71. The number of hydrogen-bond donors (Lipinski definition) is 3. The van der Waals surface area contributed by atoms with Crippen LogP contribution in [0.15, 0.2) is 12.1 Å². The van der Waals surface area contributed by atoms with Crippen LogP contribution in [0.1, 0.15) is 19.0 Å². The van der Waals surface area contributed by atoms with Crippen LogP contribution < -0.4 is 5.32 Å². The third kappa shape index (κ3) is 5.74. The minimum atomic E-state index is 0.0470. The number of halogens is 1. The molecule has 0 saturated carbocycles. The van der Waals surface area contributed by atoms with E-state index < -0.39 is 0 Å². The summed E-state index contributed by atoms with van der Waals surface area (Å²) in [5.74, 6) is 0.800. The highest BCUT2D eigenvalue weighted by molar-refractivity contribution is 6.31. The van der Waals surface area contributed by atoms with Gasteiger partial charge in [0.2, 0.25) is 0 Å². The van der Waals surface area contributed by atoms with E-state index in [1.54, 1.807) is 0 Å². The topological polar surface area (TPSA) is 68.6 Å². The van der Waals surface area contributed by atoms with E-state index in [0.29, 0.717) is 24.7 Å². The molecule has 0 spiro atoms. The molecule has 0 fully saturated rings. The summed E-state index contributed by atoms with van der Waals surface area (Å²) in [6, 6.07) is 3.67. The Bertz CT molecular complexity index is 371. The van der Waals surface area contributed by atoms with Crippen LogP contribution in [0, 0.1) is 0 Å². The van der Waals surface area contributed by atoms with Crippen LogP contribution in [-0.4, -0.2) is 52.9 Å². The molecule has 1 aromatic heterocycles. The summed E-state index contributed by atoms with van der Waals surface area (Å²) in [7, 11) is 0. The van der Waals surface area contributed by atoms with Crippen LogP contribution >= 0.6 is 11.6 Å². The molecular weight excluding hydrogens is 266 g/mol. The van der Waals surface area contributed by atoms with Crippen LogP contribution in [0.5, 0.6) is 0 Å². The SMILES string of the molecule is CCCNc1ccc(Cl)c(CN(CCO)CCO)n1. The summed E-state index contributed by atoms with van der Waals surface area (Å²) >= 11 is 6.13. The molecule has 0 aromatic carbocycles. The molecule has 6 heteroatoms. The average molecular weight is 288 g/mol. The smallest absolute Gasteiger partial charge is 0.126 e. The summed E-state index contributed by atoms with van der Waals surface area (Å²) < 4.78 is 0. The van der Waals surface area contributed by atoms with Crippen molar-refractivity contribution < 1.29 is 10.2 Å². The van der Waals surface area contributed by atoms with Crippen LogP contribution in [0.2, 0.25) is 5.02 Å². The number of nitrogens with one attached hydrogen (secondary N) is 1.